The largest absolute Gasteiger partial charge is 0.487 e. The van der Waals surface area contributed by atoms with Gasteiger partial charge in [-0.05, 0) is 31.4 Å². The first-order valence-corrected chi connectivity index (χ1v) is 8.92. The maximum Gasteiger partial charge on any atom is 0.291 e. The molecule has 1 fully saturated rings. The Morgan fingerprint density at radius 1 is 1.40 bits per heavy atom. The zero-order valence-corrected chi connectivity index (χ0v) is 15.9. The van der Waals surface area contributed by atoms with Crippen LogP contribution in [0.3, 0.4) is 0 Å². The normalized spacial score (nSPS) is 24.8. The molecule has 6 nitrogen and oxygen atoms in total. The van der Waals surface area contributed by atoms with Gasteiger partial charge in [0.25, 0.3) is 5.91 Å². The minimum Gasteiger partial charge on any atom is -0.487 e. The molecule has 2 aliphatic rings. The van der Waals surface area contributed by atoms with Crippen molar-refractivity contribution in [2.45, 2.75) is 45.8 Å². The second kappa shape index (κ2) is 8.94. The first kappa shape index (κ1) is 19.4. The Balaban J connectivity index is 1.92. The van der Waals surface area contributed by atoms with E-state index in [9.17, 15) is 4.79 Å². The molecule has 1 aliphatic heterocycles. The fraction of sp³-hybridized carbons (Fsp3) is 0.632. The molecular formula is C19H29N3O3. The number of allylic oxidation sites excluding steroid dienone is 1. The summed E-state index contributed by atoms with van der Waals surface area (Å²) in [6.45, 7) is 7.29. The summed E-state index contributed by atoms with van der Waals surface area (Å²) in [6.07, 6.45) is 7.75. The molecule has 1 amide bonds. The van der Waals surface area contributed by atoms with Gasteiger partial charge in [0.1, 0.15) is 11.9 Å². The molecule has 0 bridgehead atoms. The summed E-state index contributed by atoms with van der Waals surface area (Å²) in [5.74, 6) is 1.36. The number of amidine groups is 1. The monoisotopic (exact) mass is 347 g/mol. The first-order chi connectivity index (χ1) is 12.0. The van der Waals surface area contributed by atoms with Crippen LogP contribution in [0.5, 0.6) is 0 Å². The molecule has 2 atom stereocenters. The SMILES string of the molecule is CCC=NC(=NC)C(=O)N1CC(OC2=C(C)C(OC)C(CC)C=C2)C1. The lowest BCUT2D eigenvalue weighted by Gasteiger charge is -2.40. The van der Waals surface area contributed by atoms with E-state index in [1.807, 2.05) is 13.0 Å². The third-order valence-electron chi connectivity index (χ3n) is 4.65. The molecular weight excluding hydrogens is 318 g/mol. The highest BCUT2D eigenvalue weighted by Gasteiger charge is 2.35. The highest BCUT2D eigenvalue weighted by Crippen LogP contribution is 2.30. The number of nitrogens with zero attached hydrogens (tertiary/aromatic N) is 3. The zero-order valence-electron chi connectivity index (χ0n) is 15.9. The lowest BCUT2D eigenvalue weighted by atomic mass is 9.88. The second-order valence-corrected chi connectivity index (χ2v) is 6.35. The highest BCUT2D eigenvalue weighted by molar-refractivity contribution is 6.39. The average molecular weight is 347 g/mol. The Hall–Kier alpha value is -1.95. The van der Waals surface area contributed by atoms with Crippen LogP contribution in [0.15, 0.2) is 33.5 Å². The van der Waals surface area contributed by atoms with Crippen LogP contribution in [0.1, 0.15) is 33.6 Å². The van der Waals surface area contributed by atoms with E-state index < -0.39 is 0 Å². The highest BCUT2D eigenvalue weighted by atomic mass is 16.5. The van der Waals surface area contributed by atoms with Crippen molar-refractivity contribution >= 4 is 18.0 Å². The van der Waals surface area contributed by atoms with Crippen molar-refractivity contribution in [3.63, 3.8) is 0 Å². The molecule has 1 aliphatic carbocycles. The fourth-order valence-electron chi connectivity index (χ4n) is 3.12. The van der Waals surface area contributed by atoms with E-state index in [1.54, 1.807) is 25.3 Å². The number of rotatable bonds is 5. The third kappa shape index (κ3) is 4.37. The van der Waals surface area contributed by atoms with Crippen molar-refractivity contribution in [3.8, 4) is 0 Å². The molecule has 2 unspecified atom stereocenters. The number of hydrogen-bond acceptors (Lipinski definition) is 4. The van der Waals surface area contributed by atoms with Crippen molar-refractivity contribution in [2.24, 2.45) is 15.9 Å². The fourth-order valence-corrected chi connectivity index (χ4v) is 3.12. The Morgan fingerprint density at radius 2 is 2.12 bits per heavy atom. The third-order valence-corrected chi connectivity index (χ3v) is 4.65. The minimum absolute atomic E-state index is 0.00231. The van der Waals surface area contributed by atoms with Gasteiger partial charge in [-0.1, -0.05) is 19.9 Å². The predicted molar refractivity (Wildman–Crippen MR) is 100 cm³/mol. The number of aliphatic imine (C=N–C) groups is 2. The summed E-state index contributed by atoms with van der Waals surface area (Å²) >= 11 is 0. The van der Waals surface area contributed by atoms with Gasteiger partial charge in [-0.3, -0.25) is 9.79 Å². The molecule has 0 spiro atoms. The van der Waals surface area contributed by atoms with Crippen molar-refractivity contribution < 1.29 is 14.3 Å². The number of carbonyl (C=O) groups excluding carboxylic acids is 1. The second-order valence-electron chi connectivity index (χ2n) is 6.35. The summed E-state index contributed by atoms with van der Waals surface area (Å²) in [5, 5.41) is 0. The van der Waals surface area contributed by atoms with Crippen LogP contribution in [0.25, 0.3) is 0 Å². The maximum atomic E-state index is 12.3. The van der Waals surface area contributed by atoms with Crippen molar-refractivity contribution in [2.75, 3.05) is 27.2 Å². The topological polar surface area (TPSA) is 63.5 Å². The van der Waals surface area contributed by atoms with E-state index in [4.69, 9.17) is 9.47 Å². The number of carbonyl (C=O) groups is 1. The number of amides is 1. The molecule has 0 aromatic rings. The maximum absolute atomic E-state index is 12.3. The molecule has 6 heteroatoms. The minimum atomic E-state index is -0.141. The van der Waals surface area contributed by atoms with E-state index >= 15 is 0 Å². The van der Waals surface area contributed by atoms with Crippen molar-refractivity contribution in [1.29, 1.82) is 0 Å². The number of ether oxygens (including phenoxy) is 2. The van der Waals surface area contributed by atoms with Gasteiger partial charge in [0.15, 0.2) is 0 Å². The summed E-state index contributed by atoms with van der Waals surface area (Å²) < 4.78 is 11.7. The lowest BCUT2D eigenvalue weighted by molar-refractivity contribution is -0.134. The van der Waals surface area contributed by atoms with Crippen LogP contribution in [0.2, 0.25) is 0 Å². The number of hydrogen-bond donors (Lipinski definition) is 0. The van der Waals surface area contributed by atoms with Crippen LogP contribution in [0.4, 0.5) is 0 Å². The van der Waals surface area contributed by atoms with E-state index in [2.05, 4.69) is 29.9 Å². The molecule has 138 valence electrons. The summed E-state index contributed by atoms with van der Waals surface area (Å²) in [5.41, 5.74) is 1.12. The van der Waals surface area contributed by atoms with Gasteiger partial charge in [0, 0.05) is 26.3 Å². The molecule has 0 N–H and O–H groups in total. The quantitative estimate of drug-likeness (QED) is 0.567. The average Bonchev–Trinajstić information content (AvgIpc) is 2.58. The predicted octanol–water partition coefficient (Wildman–Crippen LogP) is 2.61. The van der Waals surface area contributed by atoms with Gasteiger partial charge in [-0.25, -0.2) is 4.99 Å². The Labute approximate surface area is 150 Å². The Kier molecular flexibility index (Phi) is 6.93. The number of methoxy groups -OCH3 is 1. The Morgan fingerprint density at radius 3 is 2.68 bits per heavy atom. The van der Waals surface area contributed by atoms with Gasteiger partial charge in [0.05, 0.1) is 19.2 Å². The standard InChI is InChI=1S/C19H29N3O3/c1-6-10-21-18(20-4)19(23)22-11-15(12-22)25-16-9-8-14(7-2)17(24-5)13(16)3/h8-10,14-15,17H,6-7,11-12H2,1-5H3. The van der Waals surface area contributed by atoms with Gasteiger partial charge >= 0.3 is 0 Å². The van der Waals surface area contributed by atoms with Crippen LogP contribution >= 0.6 is 0 Å². The van der Waals surface area contributed by atoms with Gasteiger partial charge < -0.3 is 14.4 Å². The van der Waals surface area contributed by atoms with Crippen molar-refractivity contribution in [1.82, 2.24) is 4.90 Å². The molecule has 0 aromatic carbocycles. The van der Waals surface area contributed by atoms with Gasteiger partial charge in [-0.15, -0.1) is 0 Å². The lowest BCUT2D eigenvalue weighted by Crippen LogP contribution is -2.56. The molecule has 25 heavy (non-hydrogen) atoms. The van der Waals surface area contributed by atoms with Gasteiger partial charge in [0.2, 0.25) is 5.84 Å². The zero-order chi connectivity index (χ0) is 18.4. The van der Waals surface area contributed by atoms with E-state index in [0.717, 1.165) is 24.2 Å². The molecule has 0 aromatic heterocycles. The van der Waals surface area contributed by atoms with Gasteiger partial charge in [-0.2, -0.15) is 0 Å². The first-order valence-electron chi connectivity index (χ1n) is 8.92. The number of likely N-dealkylation sites (tertiary alicyclic amines) is 1. The van der Waals surface area contributed by atoms with Crippen molar-refractivity contribution in [3.05, 3.63) is 23.5 Å². The van der Waals surface area contributed by atoms with Crippen LogP contribution in [-0.2, 0) is 14.3 Å². The van der Waals surface area contributed by atoms with Crippen LogP contribution < -0.4 is 0 Å². The summed E-state index contributed by atoms with van der Waals surface area (Å²) in [4.78, 5) is 22.1. The molecule has 2 rings (SSSR count). The summed E-state index contributed by atoms with van der Waals surface area (Å²) in [7, 11) is 3.32. The Bertz CT molecular complexity index is 601. The van der Waals surface area contributed by atoms with E-state index in [0.29, 0.717) is 19.0 Å². The summed E-state index contributed by atoms with van der Waals surface area (Å²) in [6, 6.07) is 0. The van der Waals surface area contributed by atoms with Crippen LogP contribution in [-0.4, -0.2) is 62.3 Å². The molecule has 1 saturated heterocycles. The molecule has 0 radical (unpaired) electrons. The smallest absolute Gasteiger partial charge is 0.291 e. The molecule has 1 heterocycles. The van der Waals surface area contributed by atoms with E-state index in [1.165, 1.54) is 0 Å². The van der Waals surface area contributed by atoms with E-state index in [-0.39, 0.29) is 24.0 Å². The molecule has 0 saturated carbocycles. The van der Waals surface area contributed by atoms with Crippen LogP contribution in [0, 0.1) is 5.92 Å².